The Labute approximate surface area is 180 Å². The highest BCUT2D eigenvalue weighted by Gasteiger charge is 2.62. The molecule has 2 unspecified atom stereocenters. The third-order valence-corrected chi connectivity index (χ3v) is 10.9. The van der Waals surface area contributed by atoms with E-state index >= 15 is 0 Å². The van der Waals surface area contributed by atoms with Crippen LogP contribution in [0.5, 0.6) is 0 Å². The van der Waals surface area contributed by atoms with Gasteiger partial charge in [0.05, 0.1) is 0 Å². The van der Waals surface area contributed by atoms with Crippen LogP contribution in [0.4, 0.5) is 0 Å². The summed E-state index contributed by atoms with van der Waals surface area (Å²) in [6, 6.07) is 0.427. The first kappa shape index (κ1) is 21.7. The molecular formula is C27H47NO. The highest BCUT2D eigenvalue weighted by Crippen LogP contribution is 2.67. The van der Waals surface area contributed by atoms with E-state index in [1.165, 1.54) is 57.8 Å². The fraction of sp³-hybridized carbons (Fsp3) is 0.963. The maximum atomic E-state index is 12.2. The van der Waals surface area contributed by atoms with E-state index in [9.17, 15) is 4.79 Å². The predicted molar refractivity (Wildman–Crippen MR) is 121 cm³/mol. The van der Waals surface area contributed by atoms with E-state index < -0.39 is 0 Å². The van der Waals surface area contributed by atoms with Crippen molar-refractivity contribution in [1.29, 1.82) is 0 Å². The van der Waals surface area contributed by atoms with Crippen LogP contribution in [0.2, 0.25) is 0 Å². The van der Waals surface area contributed by atoms with E-state index in [-0.39, 0.29) is 0 Å². The van der Waals surface area contributed by atoms with Crippen LogP contribution < -0.4 is 5.32 Å². The van der Waals surface area contributed by atoms with Crippen molar-refractivity contribution in [3.8, 4) is 0 Å². The quantitative estimate of drug-likeness (QED) is 0.537. The lowest BCUT2D eigenvalue weighted by atomic mass is 9.45. The van der Waals surface area contributed by atoms with Crippen molar-refractivity contribution in [2.24, 2.45) is 52.3 Å². The maximum Gasteiger partial charge on any atom is 0.220 e. The zero-order valence-corrected chi connectivity index (χ0v) is 20.1. The molecule has 0 aromatic rings. The summed E-state index contributed by atoms with van der Waals surface area (Å²) in [7, 11) is 0. The van der Waals surface area contributed by atoms with Crippen molar-refractivity contribution < 1.29 is 4.79 Å². The SMILES string of the molecule is CC(C)CCC[C@@H](C)[C@H]1CC[C@H]2[C@@H]3CCC4NC(=O)CC(C)[C@]4(C)[C@H]3CC[C@]12C. The number of carbonyl (C=O) groups excluding carboxylic acids is 1. The van der Waals surface area contributed by atoms with E-state index in [1.54, 1.807) is 0 Å². The molecule has 3 aliphatic carbocycles. The molecule has 4 fully saturated rings. The van der Waals surface area contributed by atoms with Gasteiger partial charge in [-0.2, -0.15) is 0 Å². The Morgan fingerprint density at radius 1 is 1.00 bits per heavy atom. The van der Waals surface area contributed by atoms with Crippen LogP contribution in [-0.2, 0) is 4.79 Å². The van der Waals surface area contributed by atoms with Crippen LogP contribution in [0.3, 0.4) is 0 Å². The second-order valence-corrected chi connectivity index (χ2v) is 12.6. The van der Waals surface area contributed by atoms with E-state index in [1.807, 2.05) is 0 Å². The molecule has 0 aromatic carbocycles. The van der Waals surface area contributed by atoms with Gasteiger partial charge in [0.1, 0.15) is 0 Å². The van der Waals surface area contributed by atoms with Crippen molar-refractivity contribution in [2.75, 3.05) is 0 Å². The third-order valence-electron chi connectivity index (χ3n) is 10.9. The third kappa shape index (κ3) is 3.49. The summed E-state index contributed by atoms with van der Waals surface area (Å²) < 4.78 is 0. The largest absolute Gasteiger partial charge is 0.353 e. The van der Waals surface area contributed by atoms with Gasteiger partial charge in [-0.3, -0.25) is 4.79 Å². The van der Waals surface area contributed by atoms with Crippen molar-refractivity contribution in [2.45, 2.75) is 112 Å². The van der Waals surface area contributed by atoms with Gasteiger partial charge in [0.15, 0.2) is 0 Å². The Morgan fingerprint density at radius 2 is 1.76 bits per heavy atom. The number of amides is 1. The molecule has 2 heteroatoms. The van der Waals surface area contributed by atoms with Gasteiger partial charge >= 0.3 is 0 Å². The lowest BCUT2D eigenvalue weighted by Crippen LogP contribution is -2.64. The predicted octanol–water partition coefficient (Wildman–Crippen LogP) is 6.83. The summed E-state index contributed by atoms with van der Waals surface area (Å²) in [4.78, 5) is 12.2. The molecule has 1 heterocycles. The molecule has 4 aliphatic rings. The molecule has 0 aromatic heterocycles. The molecule has 1 N–H and O–H groups in total. The molecule has 1 amide bonds. The number of hydrogen-bond donors (Lipinski definition) is 1. The first-order chi connectivity index (χ1) is 13.7. The second-order valence-electron chi connectivity index (χ2n) is 12.6. The lowest BCUT2D eigenvalue weighted by Gasteiger charge is -2.62. The van der Waals surface area contributed by atoms with Gasteiger partial charge in [0, 0.05) is 12.5 Å². The van der Waals surface area contributed by atoms with Crippen molar-refractivity contribution in [3.05, 3.63) is 0 Å². The second kappa shape index (κ2) is 7.86. The van der Waals surface area contributed by atoms with Crippen LogP contribution in [-0.4, -0.2) is 11.9 Å². The number of nitrogens with one attached hydrogen (secondary N) is 1. The molecule has 4 rings (SSSR count). The monoisotopic (exact) mass is 401 g/mol. The molecule has 0 bridgehead atoms. The molecule has 1 aliphatic heterocycles. The van der Waals surface area contributed by atoms with Gasteiger partial charge in [-0.15, -0.1) is 0 Å². The minimum Gasteiger partial charge on any atom is -0.353 e. The van der Waals surface area contributed by atoms with Gasteiger partial charge in [-0.1, -0.05) is 60.8 Å². The lowest BCUT2D eigenvalue weighted by molar-refractivity contribution is -0.147. The fourth-order valence-electron chi connectivity index (χ4n) is 9.10. The normalized spacial score (nSPS) is 47.9. The summed E-state index contributed by atoms with van der Waals surface area (Å²) in [5.74, 6) is 6.17. The summed E-state index contributed by atoms with van der Waals surface area (Å²) >= 11 is 0. The van der Waals surface area contributed by atoms with Gasteiger partial charge in [-0.05, 0) is 90.8 Å². The van der Waals surface area contributed by atoms with Gasteiger partial charge < -0.3 is 5.32 Å². The van der Waals surface area contributed by atoms with Crippen LogP contribution in [0.15, 0.2) is 0 Å². The van der Waals surface area contributed by atoms with E-state index in [0.29, 0.717) is 28.7 Å². The zero-order chi connectivity index (χ0) is 21.0. The Balaban J connectivity index is 1.50. The molecule has 1 saturated heterocycles. The highest BCUT2D eigenvalue weighted by molar-refractivity contribution is 5.77. The average Bonchev–Trinajstić information content (AvgIpc) is 3.00. The first-order valence-electron chi connectivity index (χ1n) is 13.0. The summed E-state index contributed by atoms with van der Waals surface area (Å²) in [5.41, 5.74) is 0.891. The van der Waals surface area contributed by atoms with Crippen molar-refractivity contribution in [3.63, 3.8) is 0 Å². The number of piperidine rings is 1. The van der Waals surface area contributed by atoms with Gasteiger partial charge in [0.2, 0.25) is 5.91 Å². The molecule has 29 heavy (non-hydrogen) atoms. The van der Waals surface area contributed by atoms with Crippen LogP contribution in [0, 0.1) is 52.3 Å². The molecule has 0 spiro atoms. The minimum atomic E-state index is 0.301. The Bertz CT molecular complexity index is 614. The molecular weight excluding hydrogens is 354 g/mol. The highest BCUT2D eigenvalue weighted by atomic mass is 16.1. The fourth-order valence-corrected chi connectivity index (χ4v) is 9.10. The molecule has 166 valence electrons. The summed E-state index contributed by atoms with van der Waals surface area (Å²) in [6.45, 7) is 14.9. The van der Waals surface area contributed by atoms with Crippen LogP contribution in [0.1, 0.15) is 106 Å². The Morgan fingerprint density at radius 3 is 2.48 bits per heavy atom. The average molecular weight is 402 g/mol. The van der Waals surface area contributed by atoms with Gasteiger partial charge in [-0.25, -0.2) is 0 Å². The minimum absolute atomic E-state index is 0.301. The van der Waals surface area contributed by atoms with E-state index in [4.69, 9.17) is 0 Å². The number of rotatable bonds is 5. The maximum absolute atomic E-state index is 12.2. The Hall–Kier alpha value is -0.530. The molecule has 9 atom stereocenters. The van der Waals surface area contributed by atoms with Crippen molar-refractivity contribution in [1.82, 2.24) is 5.32 Å². The van der Waals surface area contributed by atoms with Gasteiger partial charge in [0.25, 0.3) is 0 Å². The first-order valence-corrected chi connectivity index (χ1v) is 13.0. The smallest absolute Gasteiger partial charge is 0.220 e. The van der Waals surface area contributed by atoms with E-state index in [0.717, 1.165) is 41.9 Å². The molecule has 2 nitrogen and oxygen atoms in total. The number of hydrogen-bond acceptors (Lipinski definition) is 1. The van der Waals surface area contributed by atoms with E-state index in [2.05, 4.69) is 46.9 Å². The Kier molecular flexibility index (Phi) is 5.88. The summed E-state index contributed by atoms with van der Waals surface area (Å²) in [5, 5.41) is 3.41. The van der Waals surface area contributed by atoms with Crippen LogP contribution >= 0.6 is 0 Å². The van der Waals surface area contributed by atoms with Crippen molar-refractivity contribution >= 4 is 5.91 Å². The summed E-state index contributed by atoms with van der Waals surface area (Å²) in [6.07, 6.45) is 13.3. The van der Waals surface area contributed by atoms with Crippen LogP contribution in [0.25, 0.3) is 0 Å². The zero-order valence-electron chi connectivity index (χ0n) is 20.1. The number of fused-ring (bicyclic) bond motifs is 5. The molecule has 0 radical (unpaired) electrons. The topological polar surface area (TPSA) is 29.1 Å². The number of carbonyl (C=O) groups is 1. The standard InChI is InChI=1S/C27H47NO/c1-17(2)8-7-9-18(3)21-11-12-22-20-10-13-24-27(6,19(4)16-25(29)28-24)23(20)14-15-26(21,22)5/h17-24H,7-16H2,1-6H3,(H,28,29)/t18-,19?,20+,21-,22+,23+,24?,26-,27-/m1/s1. The molecule has 3 saturated carbocycles.